The van der Waals surface area contributed by atoms with Gasteiger partial charge in [-0.1, -0.05) is 12.1 Å². The highest BCUT2D eigenvalue weighted by Gasteiger charge is 2.03. The highest BCUT2D eigenvalue weighted by molar-refractivity contribution is 5.75. The lowest BCUT2D eigenvalue weighted by Crippen LogP contribution is -1.85. The van der Waals surface area contributed by atoms with Crippen LogP contribution in [0.25, 0.3) is 11.0 Å². The molecule has 2 aromatic heterocycles. The zero-order valence-electron chi connectivity index (χ0n) is 8.42. The number of rotatable bonds is 2. The summed E-state index contributed by atoms with van der Waals surface area (Å²) < 4.78 is 5.53. The van der Waals surface area contributed by atoms with E-state index in [1.165, 1.54) is 0 Å². The number of H-pyrrole nitrogens is 1. The summed E-state index contributed by atoms with van der Waals surface area (Å²) in [5.41, 5.74) is 1.85. The van der Waals surface area contributed by atoms with Crippen molar-refractivity contribution < 1.29 is 4.74 Å². The summed E-state index contributed by atoms with van der Waals surface area (Å²) in [5, 5.41) is 0. The van der Waals surface area contributed by atoms with Crippen LogP contribution >= 0.6 is 0 Å². The number of nitrogens with zero attached hydrogens (tertiary/aromatic N) is 2. The standard InChI is InChI=1S/C12H9N3O/c1-2-6-11-10(5-1)14-12(15-11)16-9-4-3-7-13-8-9/h1-8H,(H,14,15). The van der Waals surface area contributed by atoms with Crippen LogP contribution in [0.3, 0.4) is 0 Å². The van der Waals surface area contributed by atoms with Gasteiger partial charge >= 0.3 is 0 Å². The summed E-state index contributed by atoms with van der Waals surface area (Å²) in [7, 11) is 0. The van der Waals surface area contributed by atoms with Crippen LogP contribution in [0, 0.1) is 0 Å². The number of aromatic nitrogens is 3. The van der Waals surface area contributed by atoms with Crippen molar-refractivity contribution in [2.24, 2.45) is 0 Å². The topological polar surface area (TPSA) is 50.8 Å². The Hall–Kier alpha value is -2.36. The fourth-order valence-corrected chi connectivity index (χ4v) is 1.50. The summed E-state index contributed by atoms with van der Waals surface area (Å²) in [5.74, 6) is 0.668. The second-order valence-corrected chi connectivity index (χ2v) is 3.35. The van der Waals surface area contributed by atoms with Crippen molar-refractivity contribution in [1.29, 1.82) is 0 Å². The van der Waals surface area contributed by atoms with E-state index in [4.69, 9.17) is 4.74 Å². The van der Waals surface area contributed by atoms with Gasteiger partial charge in [-0.3, -0.25) is 4.98 Å². The molecule has 0 atom stereocenters. The quantitative estimate of drug-likeness (QED) is 0.709. The van der Waals surface area contributed by atoms with Crippen LogP contribution in [0.1, 0.15) is 0 Å². The van der Waals surface area contributed by atoms with E-state index in [1.807, 2.05) is 36.4 Å². The molecule has 78 valence electrons. The summed E-state index contributed by atoms with van der Waals surface area (Å²) in [6.45, 7) is 0. The summed E-state index contributed by atoms with van der Waals surface area (Å²) in [6.07, 6.45) is 3.35. The lowest BCUT2D eigenvalue weighted by molar-refractivity contribution is 0.447. The smallest absolute Gasteiger partial charge is 0.300 e. The first kappa shape index (κ1) is 8.91. The third-order valence-electron chi connectivity index (χ3n) is 2.22. The lowest BCUT2D eigenvalue weighted by Gasteiger charge is -1.98. The molecule has 0 amide bonds. The van der Waals surface area contributed by atoms with Gasteiger partial charge in [-0.2, -0.15) is 4.98 Å². The molecule has 0 fully saturated rings. The average molecular weight is 211 g/mol. The summed E-state index contributed by atoms with van der Waals surface area (Å²) in [6, 6.07) is 11.9. The summed E-state index contributed by atoms with van der Waals surface area (Å²) >= 11 is 0. The second kappa shape index (κ2) is 3.66. The molecule has 3 rings (SSSR count). The molecule has 0 unspecified atom stereocenters. The van der Waals surface area contributed by atoms with E-state index in [9.17, 15) is 0 Å². The Morgan fingerprint density at radius 2 is 2.00 bits per heavy atom. The van der Waals surface area contributed by atoms with Crippen LogP contribution in [-0.4, -0.2) is 15.0 Å². The van der Waals surface area contributed by atoms with Gasteiger partial charge in [-0.05, 0) is 24.3 Å². The average Bonchev–Trinajstić information content (AvgIpc) is 2.72. The zero-order chi connectivity index (χ0) is 10.8. The minimum Gasteiger partial charge on any atom is -0.424 e. The largest absolute Gasteiger partial charge is 0.424 e. The van der Waals surface area contributed by atoms with Gasteiger partial charge in [0.15, 0.2) is 0 Å². The van der Waals surface area contributed by atoms with Crippen molar-refractivity contribution in [2.75, 3.05) is 0 Å². The van der Waals surface area contributed by atoms with E-state index < -0.39 is 0 Å². The fourth-order valence-electron chi connectivity index (χ4n) is 1.50. The zero-order valence-corrected chi connectivity index (χ0v) is 8.42. The van der Waals surface area contributed by atoms with Crippen molar-refractivity contribution in [1.82, 2.24) is 15.0 Å². The predicted octanol–water partition coefficient (Wildman–Crippen LogP) is 2.75. The van der Waals surface area contributed by atoms with Gasteiger partial charge in [0.1, 0.15) is 5.75 Å². The molecule has 0 aliphatic heterocycles. The molecule has 0 aliphatic rings. The number of hydrogen-bond donors (Lipinski definition) is 1. The molecule has 2 heterocycles. The van der Waals surface area contributed by atoms with Crippen molar-refractivity contribution in [3.05, 3.63) is 48.8 Å². The molecule has 0 saturated carbocycles. The number of aromatic amines is 1. The third-order valence-corrected chi connectivity index (χ3v) is 2.22. The Balaban J connectivity index is 1.95. The maximum Gasteiger partial charge on any atom is 0.300 e. The van der Waals surface area contributed by atoms with Gasteiger partial charge in [-0.15, -0.1) is 0 Å². The molecule has 1 N–H and O–H groups in total. The van der Waals surface area contributed by atoms with Crippen LogP contribution in [0.5, 0.6) is 11.8 Å². The maximum absolute atomic E-state index is 5.53. The molecule has 1 aromatic carbocycles. The number of imidazole rings is 1. The van der Waals surface area contributed by atoms with Gasteiger partial charge in [0, 0.05) is 6.20 Å². The van der Waals surface area contributed by atoms with Gasteiger partial charge < -0.3 is 9.72 Å². The number of ether oxygens (including phenoxy) is 1. The SMILES string of the molecule is c1cncc(Oc2nc3ccccc3[nH]2)c1. The second-order valence-electron chi connectivity index (χ2n) is 3.35. The van der Waals surface area contributed by atoms with E-state index >= 15 is 0 Å². The molecule has 3 aromatic rings. The first-order valence-electron chi connectivity index (χ1n) is 4.94. The van der Waals surface area contributed by atoms with E-state index in [2.05, 4.69) is 15.0 Å². The Morgan fingerprint density at radius 1 is 1.06 bits per heavy atom. The number of hydrogen-bond acceptors (Lipinski definition) is 3. The first-order valence-corrected chi connectivity index (χ1v) is 4.94. The van der Waals surface area contributed by atoms with E-state index in [-0.39, 0.29) is 0 Å². The number of para-hydroxylation sites is 2. The molecule has 0 aliphatic carbocycles. The van der Waals surface area contributed by atoms with Gasteiger partial charge in [0.2, 0.25) is 0 Å². The Bertz CT molecular complexity index is 571. The molecule has 4 heteroatoms. The van der Waals surface area contributed by atoms with Crippen molar-refractivity contribution in [3.63, 3.8) is 0 Å². The van der Waals surface area contributed by atoms with Crippen molar-refractivity contribution in [3.8, 4) is 11.8 Å². The van der Waals surface area contributed by atoms with Crippen LogP contribution in [0.2, 0.25) is 0 Å². The Morgan fingerprint density at radius 3 is 2.81 bits per heavy atom. The van der Waals surface area contributed by atoms with Crippen LogP contribution < -0.4 is 4.74 Å². The molecule has 16 heavy (non-hydrogen) atoms. The summed E-state index contributed by atoms with van der Waals surface area (Å²) in [4.78, 5) is 11.4. The van der Waals surface area contributed by atoms with Gasteiger partial charge in [0.25, 0.3) is 6.01 Å². The number of benzene rings is 1. The fraction of sp³-hybridized carbons (Fsp3) is 0. The molecule has 0 radical (unpaired) electrons. The normalized spacial score (nSPS) is 10.5. The van der Waals surface area contributed by atoms with E-state index in [0.29, 0.717) is 11.8 Å². The third kappa shape index (κ3) is 1.61. The van der Waals surface area contributed by atoms with E-state index in [1.54, 1.807) is 12.4 Å². The Labute approximate surface area is 91.9 Å². The van der Waals surface area contributed by atoms with Crippen molar-refractivity contribution >= 4 is 11.0 Å². The number of fused-ring (bicyclic) bond motifs is 1. The molecule has 0 spiro atoms. The minimum absolute atomic E-state index is 0.481. The van der Waals surface area contributed by atoms with Crippen LogP contribution in [0.4, 0.5) is 0 Å². The predicted molar refractivity (Wildman–Crippen MR) is 60.4 cm³/mol. The number of nitrogens with one attached hydrogen (secondary N) is 1. The molecule has 0 saturated heterocycles. The molecular weight excluding hydrogens is 202 g/mol. The highest BCUT2D eigenvalue weighted by Crippen LogP contribution is 2.20. The highest BCUT2D eigenvalue weighted by atomic mass is 16.5. The first-order chi connectivity index (χ1) is 7.92. The molecular formula is C12H9N3O. The van der Waals surface area contributed by atoms with E-state index in [0.717, 1.165) is 11.0 Å². The molecule has 4 nitrogen and oxygen atoms in total. The molecule has 0 bridgehead atoms. The number of pyridine rings is 1. The van der Waals surface area contributed by atoms with Gasteiger partial charge in [-0.25, -0.2) is 0 Å². The lowest BCUT2D eigenvalue weighted by atomic mass is 10.3. The van der Waals surface area contributed by atoms with Crippen molar-refractivity contribution in [2.45, 2.75) is 0 Å². The Kier molecular flexibility index (Phi) is 2.04. The van der Waals surface area contributed by atoms with Gasteiger partial charge in [0.05, 0.1) is 17.2 Å². The van der Waals surface area contributed by atoms with Crippen LogP contribution in [-0.2, 0) is 0 Å². The minimum atomic E-state index is 0.481. The maximum atomic E-state index is 5.53. The van der Waals surface area contributed by atoms with Crippen LogP contribution in [0.15, 0.2) is 48.8 Å². The monoisotopic (exact) mass is 211 g/mol.